The van der Waals surface area contributed by atoms with E-state index in [0.717, 1.165) is 50.9 Å². The predicted molar refractivity (Wildman–Crippen MR) is 109 cm³/mol. The molecule has 0 bridgehead atoms. The molecule has 1 aliphatic heterocycles. The molecule has 0 amide bonds. The zero-order valence-electron chi connectivity index (χ0n) is 16.9. The van der Waals surface area contributed by atoms with Crippen molar-refractivity contribution in [2.75, 3.05) is 26.0 Å². The van der Waals surface area contributed by atoms with Crippen LogP contribution in [0.4, 0.5) is 0 Å². The summed E-state index contributed by atoms with van der Waals surface area (Å²) in [4.78, 5) is 4.38. The lowest BCUT2D eigenvalue weighted by Gasteiger charge is -2.35. The van der Waals surface area contributed by atoms with Crippen LogP contribution >= 0.6 is 0 Å². The van der Waals surface area contributed by atoms with E-state index >= 15 is 0 Å². The minimum atomic E-state index is -3.21. The standard InChI is InChI=1S/C20H33N3O4S/c1-3-26-20-17(6-4-13-22-20)15-8-10-16(11-9-15)27-14-19-18(7-5-12-21-19)23-28(2,24)25/h4,6,13,15-16,18-19,21,23H,3,5,7-12,14H2,1-2H3/t15-,16+,18-,19-/m0/s1. The summed E-state index contributed by atoms with van der Waals surface area (Å²) in [6, 6.07) is 4.04. The number of rotatable bonds is 8. The second kappa shape index (κ2) is 10.0. The topological polar surface area (TPSA) is 89.6 Å². The Balaban J connectivity index is 1.49. The molecule has 7 nitrogen and oxygen atoms in total. The largest absolute Gasteiger partial charge is 0.478 e. The first-order valence-corrected chi connectivity index (χ1v) is 12.3. The molecular weight excluding hydrogens is 378 g/mol. The molecule has 0 aromatic carbocycles. The van der Waals surface area contributed by atoms with Crippen molar-refractivity contribution >= 4 is 10.0 Å². The van der Waals surface area contributed by atoms with Gasteiger partial charge in [-0.15, -0.1) is 0 Å². The maximum Gasteiger partial charge on any atom is 0.216 e. The molecule has 0 spiro atoms. The van der Waals surface area contributed by atoms with Gasteiger partial charge < -0.3 is 14.8 Å². The van der Waals surface area contributed by atoms with Gasteiger partial charge in [0.15, 0.2) is 0 Å². The quantitative estimate of drug-likeness (QED) is 0.682. The highest BCUT2D eigenvalue weighted by Gasteiger charge is 2.30. The van der Waals surface area contributed by atoms with Crippen LogP contribution in [0.25, 0.3) is 0 Å². The minimum absolute atomic E-state index is 0.0316. The second-order valence-electron chi connectivity index (χ2n) is 7.84. The average Bonchev–Trinajstić information content (AvgIpc) is 2.67. The third-order valence-electron chi connectivity index (χ3n) is 5.66. The van der Waals surface area contributed by atoms with E-state index in [1.54, 1.807) is 6.20 Å². The Morgan fingerprint density at radius 1 is 1.25 bits per heavy atom. The molecule has 0 radical (unpaired) electrons. The Morgan fingerprint density at radius 2 is 2.04 bits per heavy atom. The fourth-order valence-electron chi connectivity index (χ4n) is 4.30. The molecular formula is C20H33N3O4S. The van der Waals surface area contributed by atoms with E-state index in [0.29, 0.717) is 19.1 Å². The fraction of sp³-hybridized carbons (Fsp3) is 0.750. The van der Waals surface area contributed by atoms with Crippen LogP contribution in [0.2, 0.25) is 0 Å². The van der Waals surface area contributed by atoms with E-state index < -0.39 is 10.0 Å². The number of aromatic nitrogens is 1. The molecule has 0 unspecified atom stereocenters. The Kier molecular flexibility index (Phi) is 7.68. The zero-order valence-corrected chi connectivity index (χ0v) is 17.7. The lowest BCUT2D eigenvalue weighted by molar-refractivity contribution is 0.00508. The van der Waals surface area contributed by atoms with Crippen LogP contribution in [-0.2, 0) is 14.8 Å². The van der Waals surface area contributed by atoms with E-state index in [1.807, 2.05) is 13.0 Å². The first-order valence-electron chi connectivity index (χ1n) is 10.4. The van der Waals surface area contributed by atoms with Crippen LogP contribution < -0.4 is 14.8 Å². The van der Waals surface area contributed by atoms with Gasteiger partial charge in [-0.1, -0.05) is 6.07 Å². The van der Waals surface area contributed by atoms with Crippen molar-refractivity contribution in [3.63, 3.8) is 0 Å². The van der Waals surface area contributed by atoms with Gasteiger partial charge in [-0.25, -0.2) is 18.1 Å². The molecule has 1 saturated carbocycles. The summed E-state index contributed by atoms with van der Waals surface area (Å²) in [7, 11) is -3.21. The normalized spacial score (nSPS) is 28.8. The minimum Gasteiger partial charge on any atom is -0.478 e. The molecule has 158 valence electrons. The second-order valence-corrected chi connectivity index (χ2v) is 9.62. The average molecular weight is 412 g/mol. The number of piperidine rings is 1. The van der Waals surface area contributed by atoms with Crippen molar-refractivity contribution in [2.24, 2.45) is 0 Å². The van der Waals surface area contributed by atoms with Crippen molar-refractivity contribution in [1.82, 2.24) is 15.0 Å². The number of nitrogens with zero attached hydrogens (tertiary/aromatic N) is 1. The van der Waals surface area contributed by atoms with E-state index in [4.69, 9.17) is 9.47 Å². The molecule has 2 fully saturated rings. The number of hydrogen-bond acceptors (Lipinski definition) is 6. The fourth-order valence-corrected chi connectivity index (χ4v) is 5.13. The first kappa shape index (κ1) is 21.5. The molecule has 1 aliphatic carbocycles. The van der Waals surface area contributed by atoms with Crippen LogP contribution in [0, 0.1) is 0 Å². The van der Waals surface area contributed by atoms with Crippen LogP contribution in [0.3, 0.4) is 0 Å². The lowest BCUT2D eigenvalue weighted by atomic mass is 9.83. The van der Waals surface area contributed by atoms with Gasteiger partial charge in [0.25, 0.3) is 0 Å². The third-order valence-corrected chi connectivity index (χ3v) is 6.39. The Bertz CT molecular complexity index is 720. The monoisotopic (exact) mass is 411 g/mol. The molecule has 1 aromatic heterocycles. The van der Waals surface area contributed by atoms with Gasteiger partial charge >= 0.3 is 0 Å². The van der Waals surface area contributed by atoms with Gasteiger partial charge in [-0.3, -0.25) is 0 Å². The Morgan fingerprint density at radius 3 is 2.75 bits per heavy atom. The number of sulfonamides is 1. The van der Waals surface area contributed by atoms with Crippen molar-refractivity contribution in [1.29, 1.82) is 0 Å². The number of pyridine rings is 1. The van der Waals surface area contributed by atoms with Crippen LogP contribution in [-0.4, -0.2) is 57.6 Å². The van der Waals surface area contributed by atoms with Crippen LogP contribution in [0.15, 0.2) is 18.3 Å². The lowest BCUT2D eigenvalue weighted by Crippen LogP contribution is -2.55. The van der Waals surface area contributed by atoms with Gasteiger partial charge in [-0.2, -0.15) is 0 Å². The molecule has 28 heavy (non-hydrogen) atoms. The molecule has 2 atom stereocenters. The molecule has 1 aromatic rings. The first-order chi connectivity index (χ1) is 13.5. The SMILES string of the molecule is CCOc1ncccc1[C@H]1CC[C@@H](OC[C@@H]2NCCC[C@@H]2NS(C)(=O)=O)CC1. The molecule has 8 heteroatoms. The summed E-state index contributed by atoms with van der Waals surface area (Å²) in [5.74, 6) is 1.22. The molecule has 1 saturated heterocycles. The molecule has 2 N–H and O–H groups in total. The summed E-state index contributed by atoms with van der Waals surface area (Å²) in [5.41, 5.74) is 1.20. The van der Waals surface area contributed by atoms with Gasteiger partial charge in [0.05, 0.1) is 25.6 Å². The van der Waals surface area contributed by atoms with E-state index in [1.165, 1.54) is 11.8 Å². The van der Waals surface area contributed by atoms with Crippen LogP contribution in [0.1, 0.15) is 56.9 Å². The predicted octanol–water partition coefficient (Wildman–Crippen LogP) is 2.19. The maximum atomic E-state index is 11.6. The summed E-state index contributed by atoms with van der Waals surface area (Å²) in [6.07, 6.45) is 9.16. The van der Waals surface area contributed by atoms with Gasteiger partial charge in [0.1, 0.15) is 0 Å². The van der Waals surface area contributed by atoms with Gasteiger partial charge in [0, 0.05) is 23.8 Å². The summed E-state index contributed by atoms with van der Waals surface area (Å²) >= 11 is 0. The summed E-state index contributed by atoms with van der Waals surface area (Å²) < 4.78 is 37.8. The van der Waals surface area contributed by atoms with Crippen molar-refractivity contribution in [3.05, 3.63) is 23.9 Å². The smallest absolute Gasteiger partial charge is 0.216 e. The third kappa shape index (κ3) is 6.14. The van der Waals surface area contributed by atoms with Crippen molar-refractivity contribution < 1.29 is 17.9 Å². The summed E-state index contributed by atoms with van der Waals surface area (Å²) in [5, 5.41) is 3.41. The zero-order chi connectivity index (χ0) is 20.0. The van der Waals surface area contributed by atoms with Crippen molar-refractivity contribution in [3.8, 4) is 5.88 Å². The summed E-state index contributed by atoms with van der Waals surface area (Å²) in [6.45, 7) is 4.05. The highest BCUT2D eigenvalue weighted by atomic mass is 32.2. The highest BCUT2D eigenvalue weighted by molar-refractivity contribution is 7.88. The number of ether oxygens (including phenoxy) is 2. The van der Waals surface area contributed by atoms with E-state index in [9.17, 15) is 8.42 Å². The van der Waals surface area contributed by atoms with Gasteiger partial charge in [0.2, 0.25) is 15.9 Å². The number of nitrogens with one attached hydrogen (secondary N) is 2. The molecule has 2 aliphatic rings. The molecule has 3 rings (SSSR count). The van der Waals surface area contributed by atoms with Crippen LogP contribution in [0.5, 0.6) is 5.88 Å². The van der Waals surface area contributed by atoms with E-state index in [2.05, 4.69) is 21.1 Å². The highest BCUT2D eigenvalue weighted by Crippen LogP contribution is 2.37. The Labute approximate surface area is 168 Å². The molecule has 2 heterocycles. The van der Waals surface area contributed by atoms with Gasteiger partial charge in [-0.05, 0) is 64.0 Å². The van der Waals surface area contributed by atoms with E-state index in [-0.39, 0.29) is 18.2 Å². The van der Waals surface area contributed by atoms with Crippen molar-refractivity contribution in [2.45, 2.75) is 69.6 Å². The maximum absolute atomic E-state index is 11.6. The Hall–Kier alpha value is -1.22. The number of hydrogen-bond donors (Lipinski definition) is 2.